The van der Waals surface area contributed by atoms with Crippen LogP contribution in [-0.2, 0) is 4.57 Å². The highest BCUT2D eigenvalue weighted by atomic mass is 31.2. The molecule has 0 saturated heterocycles. The van der Waals surface area contributed by atoms with Crippen LogP contribution in [0.2, 0.25) is 0 Å². The summed E-state index contributed by atoms with van der Waals surface area (Å²) in [7, 11) is -4.44. The van der Waals surface area contributed by atoms with Crippen LogP contribution in [0.4, 0.5) is 5.69 Å². The van der Waals surface area contributed by atoms with Gasteiger partial charge in [-0.05, 0) is 34.5 Å². The molecule has 0 aliphatic carbocycles. The maximum atomic E-state index is 11.6. The molecule has 6 heteroatoms. The number of aromatic nitrogens is 1. The van der Waals surface area contributed by atoms with E-state index in [-0.39, 0.29) is 5.44 Å². The molecule has 0 atom stereocenters. The van der Waals surface area contributed by atoms with Gasteiger partial charge in [-0.15, -0.1) is 0 Å². The first-order chi connectivity index (χ1) is 11.9. The Balaban J connectivity index is 2.11. The SMILES string of the molecule is Nc1cc(-c2cccc3ccccc23)c2nc(P(=O)(O)O)ccc2c1. The van der Waals surface area contributed by atoms with E-state index in [2.05, 4.69) is 4.98 Å². The van der Waals surface area contributed by atoms with Crippen LogP contribution in [0.5, 0.6) is 0 Å². The Bertz CT molecular complexity index is 1160. The first-order valence-corrected chi connectivity index (χ1v) is 9.29. The van der Waals surface area contributed by atoms with Crippen molar-refractivity contribution < 1.29 is 14.4 Å². The lowest BCUT2D eigenvalue weighted by Gasteiger charge is -2.12. The number of nitrogen functional groups attached to an aromatic ring is 1. The molecule has 0 aliphatic heterocycles. The Morgan fingerprint density at radius 1 is 0.840 bits per heavy atom. The van der Waals surface area contributed by atoms with Crippen LogP contribution < -0.4 is 11.2 Å². The Kier molecular flexibility index (Phi) is 3.58. The summed E-state index contributed by atoms with van der Waals surface area (Å²) in [5.41, 5.74) is 8.57. The molecule has 25 heavy (non-hydrogen) atoms. The molecular formula is C19H15N2O3P. The van der Waals surface area contributed by atoms with Crippen molar-refractivity contribution in [2.45, 2.75) is 0 Å². The second-order valence-corrected chi connectivity index (χ2v) is 7.43. The molecule has 0 bridgehead atoms. The first kappa shape index (κ1) is 15.8. The van der Waals surface area contributed by atoms with Gasteiger partial charge < -0.3 is 15.5 Å². The summed E-state index contributed by atoms with van der Waals surface area (Å²) >= 11 is 0. The molecule has 4 aromatic rings. The quantitative estimate of drug-likeness (QED) is 0.380. The molecule has 4 N–H and O–H groups in total. The van der Waals surface area contributed by atoms with Crippen LogP contribution in [0.15, 0.2) is 66.7 Å². The Hall–Kier alpha value is -2.72. The third-order valence-electron chi connectivity index (χ3n) is 4.18. The summed E-state index contributed by atoms with van der Waals surface area (Å²) in [6.45, 7) is 0. The van der Waals surface area contributed by atoms with Gasteiger partial charge in [0.25, 0.3) is 0 Å². The van der Waals surface area contributed by atoms with E-state index < -0.39 is 7.60 Å². The molecule has 0 spiro atoms. The van der Waals surface area contributed by atoms with Crippen molar-refractivity contribution in [3.8, 4) is 11.1 Å². The zero-order valence-electron chi connectivity index (χ0n) is 13.1. The summed E-state index contributed by atoms with van der Waals surface area (Å²) < 4.78 is 11.6. The van der Waals surface area contributed by atoms with Gasteiger partial charge in [-0.2, -0.15) is 0 Å². The predicted molar refractivity (Wildman–Crippen MR) is 101 cm³/mol. The van der Waals surface area contributed by atoms with E-state index in [9.17, 15) is 14.4 Å². The fourth-order valence-corrected chi connectivity index (χ4v) is 3.57. The third-order valence-corrected chi connectivity index (χ3v) is 5.02. The lowest BCUT2D eigenvalue weighted by Crippen LogP contribution is -2.09. The first-order valence-electron chi connectivity index (χ1n) is 7.68. The number of nitrogens with two attached hydrogens (primary N) is 1. The molecule has 124 valence electrons. The Morgan fingerprint density at radius 3 is 2.40 bits per heavy atom. The summed E-state index contributed by atoms with van der Waals surface area (Å²) in [4.78, 5) is 23.2. The number of fused-ring (bicyclic) bond motifs is 2. The lowest BCUT2D eigenvalue weighted by atomic mass is 9.96. The van der Waals surface area contributed by atoms with E-state index in [0.29, 0.717) is 11.2 Å². The van der Waals surface area contributed by atoms with Gasteiger partial charge in [-0.3, -0.25) is 4.57 Å². The summed E-state index contributed by atoms with van der Waals surface area (Å²) in [5, 5.41) is 2.84. The zero-order chi connectivity index (χ0) is 17.6. The standard InChI is InChI=1S/C19H15N2O3P/c20-14-10-13-8-9-18(25(22,23)24)21-19(13)17(11-14)16-7-3-5-12-4-1-2-6-15(12)16/h1-11H,20H2,(H2,22,23,24). The van der Waals surface area contributed by atoms with Crippen molar-refractivity contribution in [3.05, 3.63) is 66.7 Å². The van der Waals surface area contributed by atoms with E-state index in [1.807, 2.05) is 42.5 Å². The minimum atomic E-state index is -4.44. The van der Waals surface area contributed by atoms with Crippen molar-refractivity contribution >= 4 is 40.4 Å². The second-order valence-electron chi connectivity index (χ2n) is 5.88. The molecule has 3 aromatic carbocycles. The fraction of sp³-hybridized carbons (Fsp3) is 0. The van der Waals surface area contributed by atoms with Crippen LogP contribution in [-0.4, -0.2) is 14.8 Å². The average molecular weight is 350 g/mol. The van der Waals surface area contributed by atoms with Gasteiger partial charge in [0.05, 0.1) is 5.52 Å². The van der Waals surface area contributed by atoms with E-state index in [0.717, 1.165) is 27.3 Å². The lowest BCUT2D eigenvalue weighted by molar-refractivity contribution is 0.386. The van der Waals surface area contributed by atoms with Crippen LogP contribution in [0, 0.1) is 0 Å². The molecule has 4 rings (SSSR count). The van der Waals surface area contributed by atoms with Gasteiger partial charge in [0.15, 0.2) is 5.44 Å². The van der Waals surface area contributed by atoms with Gasteiger partial charge in [0.2, 0.25) is 0 Å². The average Bonchev–Trinajstić information content (AvgIpc) is 2.59. The highest BCUT2D eigenvalue weighted by Crippen LogP contribution is 2.37. The summed E-state index contributed by atoms with van der Waals surface area (Å²) in [5.74, 6) is 0. The van der Waals surface area contributed by atoms with Gasteiger partial charge in [0, 0.05) is 16.6 Å². The third kappa shape index (κ3) is 2.79. The number of pyridine rings is 1. The van der Waals surface area contributed by atoms with Crippen LogP contribution in [0.1, 0.15) is 0 Å². The predicted octanol–water partition coefficient (Wildman–Crippen LogP) is 3.44. The minimum Gasteiger partial charge on any atom is -0.399 e. The van der Waals surface area contributed by atoms with Gasteiger partial charge in [-0.1, -0.05) is 48.5 Å². The van der Waals surface area contributed by atoms with Crippen molar-refractivity contribution in [3.63, 3.8) is 0 Å². The Labute approximate surface area is 143 Å². The van der Waals surface area contributed by atoms with Crippen molar-refractivity contribution in [2.24, 2.45) is 0 Å². The number of anilines is 1. The van der Waals surface area contributed by atoms with Gasteiger partial charge in [-0.25, -0.2) is 4.98 Å². The van der Waals surface area contributed by atoms with Crippen molar-refractivity contribution in [2.75, 3.05) is 5.73 Å². The molecule has 1 heterocycles. The van der Waals surface area contributed by atoms with Crippen LogP contribution in [0.3, 0.4) is 0 Å². The zero-order valence-corrected chi connectivity index (χ0v) is 14.0. The van der Waals surface area contributed by atoms with E-state index in [4.69, 9.17) is 5.73 Å². The fourth-order valence-electron chi connectivity index (χ4n) is 3.08. The van der Waals surface area contributed by atoms with Gasteiger partial charge in [0.1, 0.15) is 0 Å². The molecule has 0 amide bonds. The van der Waals surface area contributed by atoms with Gasteiger partial charge >= 0.3 is 7.60 Å². The molecule has 0 fully saturated rings. The maximum Gasteiger partial charge on any atom is 0.374 e. The summed E-state index contributed by atoms with van der Waals surface area (Å²) in [6, 6.07) is 20.4. The minimum absolute atomic E-state index is 0.244. The van der Waals surface area contributed by atoms with Crippen molar-refractivity contribution in [1.82, 2.24) is 4.98 Å². The Morgan fingerprint density at radius 2 is 1.60 bits per heavy atom. The number of hydrogen-bond donors (Lipinski definition) is 3. The number of hydrogen-bond acceptors (Lipinski definition) is 3. The smallest absolute Gasteiger partial charge is 0.374 e. The monoisotopic (exact) mass is 350 g/mol. The molecule has 0 radical (unpaired) electrons. The highest BCUT2D eigenvalue weighted by Gasteiger charge is 2.20. The van der Waals surface area contributed by atoms with E-state index >= 15 is 0 Å². The molecular weight excluding hydrogens is 335 g/mol. The molecule has 0 unspecified atom stereocenters. The van der Waals surface area contributed by atoms with Crippen LogP contribution in [0.25, 0.3) is 32.8 Å². The highest BCUT2D eigenvalue weighted by molar-refractivity contribution is 7.60. The normalized spacial score (nSPS) is 11.9. The second kappa shape index (κ2) is 5.67. The molecule has 5 nitrogen and oxygen atoms in total. The topological polar surface area (TPSA) is 96.4 Å². The number of benzene rings is 3. The molecule has 0 saturated carbocycles. The van der Waals surface area contributed by atoms with E-state index in [1.165, 1.54) is 6.07 Å². The maximum absolute atomic E-state index is 11.6. The number of nitrogens with zero attached hydrogens (tertiary/aromatic N) is 1. The summed E-state index contributed by atoms with van der Waals surface area (Å²) in [6.07, 6.45) is 0. The van der Waals surface area contributed by atoms with Crippen molar-refractivity contribution in [1.29, 1.82) is 0 Å². The van der Waals surface area contributed by atoms with Crippen LogP contribution >= 0.6 is 7.60 Å². The number of rotatable bonds is 2. The molecule has 1 aromatic heterocycles. The van der Waals surface area contributed by atoms with E-state index in [1.54, 1.807) is 18.2 Å². The molecule has 0 aliphatic rings. The largest absolute Gasteiger partial charge is 0.399 e.